The number of amides is 1. The van der Waals surface area contributed by atoms with Crippen LogP contribution in [0.3, 0.4) is 0 Å². The Kier molecular flexibility index (Phi) is 6.03. The van der Waals surface area contributed by atoms with Crippen LogP contribution in [0.2, 0.25) is 5.02 Å². The molecule has 1 aromatic heterocycles. The third-order valence-electron chi connectivity index (χ3n) is 7.69. The van der Waals surface area contributed by atoms with E-state index >= 15 is 0 Å². The summed E-state index contributed by atoms with van der Waals surface area (Å²) in [6.45, 7) is 4.90. The highest BCUT2D eigenvalue weighted by atomic mass is 35.5. The van der Waals surface area contributed by atoms with Crippen molar-refractivity contribution in [1.82, 2.24) is 15.2 Å². The van der Waals surface area contributed by atoms with Gasteiger partial charge in [-0.25, -0.2) is 0 Å². The van der Waals surface area contributed by atoms with E-state index in [4.69, 9.17) is 16.6 Å². The first-order chi connectivity index (χ1) is 15.1. The summed E-state index contributed by atoms with van der Waals surface area (Å²) in [5.41, 5.74) is 3.96. The number of likely N-dealkylation sites (tertiary alicyclic amines) is 1. The predicted molar refractivity (Wildman–Crippen MR) is 124 cm³/mol. The van der Waals surface area contributed by atoms with Gasteiger partial charge in [0.05, 0.1) is 11.3 Å². The molecule has 1 amide bonds. The SMILES string of the molecule is Cc1ccc(C(=O)NC2CC3CCC2C3)c(C2CCN(Cc3ccccc3Cl)CC2)n1. The minimum Gasteiger partial charge on any atom is -0.349 e. The van der Waals surface area contributed by atoms with Crippen LogP contribution in [0.5, 0.6) is 0 Å². The third kappa shape index (κ3) is 4.51. The zero-order valence-corrected chi connectivity index (χ0v) is 19.1. The summed E-state index contributed by atoms with van der Waals surface area (Å²) in [6, 6.07) is 12.4. The standard InChI is InChI=1S/C26H32ClN3O/c1-17-6-9-22(26(31)29-24-15-18-7-8-20(24)14-18)25(28-17)19-10-12-30(13-11-19)16-21-4-2-3-5-23(21)27/h2-6,9,18-20,24H,7-8,10-16H2,1H3,(H,29,31). The van der Waals surface area contributed by atoms with Crippen LogP contribution in [0.1, 0.15) is 71.8 Å². The molecule has 5 rings (SSSR count). The molecule has 2 heterocycles. The van der Waals surface area contributed by atoms with E-state index in [-0.39, 0.29) is 5.91 Å². The van der Waals surface area contributed by atoms with E-state index in [1.807, 2.05) is 37.3 Å². The zero-order chi connectivity index (χ0) is 21.4. The number of nitrogens with one attached hydrogen (secondary N) is 1. The highest BCUT2D eigenvalue weighted by Gasteiger charge is 2.40. The van der Waals surface area contributed by atoms with Gasteiger partial charge in [-0.05, 0) is 87.7 Å². The maximum Gasteiger partial charge on any atom is 0.253 e. The van der Waals surface area contributed by atoms with Crippen LogP contribution in [0.4, 0.5) is 0 Å². The Labute approximate surface area is 190 Å². The second-order valence-electron chi connectivity index (χ2n) is 9.78. The summed E-state index contributed by atoms with van der Waals surface area (Å²) in [5.74, 6) is 1.93. The van der Waals surface area contributed by atoms with Crippen LogP contribution in [0.25, 0.3) is 0 Å². The van der Waals surface area contributed by atoms with Gasteiger partial charge in [-0.3, -0.25) is 14.7 Å². The summed E-state index contributed by atoms with van der Waals surface area (Å²) in [4.78, 5) is 20.5. The van der Waals surface area contributed by atoms with Crippen LogP contribution in [0.15, 0.2) is 36.4 Å². The highest BCUT2D eigenvalue weighted by Crippen LogP contribution is 2.44. The van der Waals surface area contributed by atoms with Crippen LogP contribution in [-0.2, 0) is 6.54 Å². The van der Waals surface area contributed by atoms with Crippen molar-refractivity contribution < 1.29 is 4.79 Å². The Balaban J connectivity index is 1.25. The minimum absolute atomic E-state index is 0.0820. The van der Waals surface area contributed by atoms with Gasteiger partial charge >= 0.3 is 0 Å². The molecule has 31 heavy (non-hydrogen) atoms. The Morgan fingerprint density at radius 3 is 2.61 bits per heavy atom. The summed E-state index contributed by atoms with van der Waals surface area (Å²) in [5, 5.41) is 4.21. The van der Waals surface area contributed by atoms with E-state index in [2.05, 4.69) is 16.3 Å². The van der Waals surface area contributed by atoms with E-state index in [0.717, 1.165) is 66.8 Å². The molecule has 2 saturated carbocycles. The van der Waals surface area contributed by atoms with Crippen molar-refractivity contribution in [3.05, 3.63) is 63.9 Å². The van der Waals surface area contributed by atoms with E-state index < -0.39 is 0 Å². The topological polar surface area (TPSA) is 45.2 Å². The lowest BCUT2D eigenvalue weighted by molar-refractivity contribution is 0.0920. The molecule has 3 atom stereocenters. The first-order valence-corrected chi connectivity index (χ1v) is 12.2. The smallest absolute Gasteiger partial charge is 0.253 e. The normalized spacial score (nSPS) is 26.3. The summed E-state index contributed by atoms with van der Waals surface area (Å²) < 4.78 is 0. The van der Waals surface area contributed by atoms with Gasteiger partial charge < -0.3 is 5.32 Å². The monoisotopic (exact) mass is 437 g/mol. The van der Waals surface area contributed by atoms with Crippen molar-refractivity contribution in [3.8, 4) is 0 Å². The molecular weight excluding hydrogens is 406 g/mol. The first-order valence-electron chi connectivity index (χ1n) is 11.8. The van der Waals surface area contributed by atoms with Crippen LogP contribution in [-0.4, -0.2) is 34.9 Å². The third-order valence-corrected chi connectivity index (χ3v) is 8.06. The average Bonchev–Trinajstić information content (AvgIpc) is 3.39. The average molecular weight is 438 g/mol. The molecule has 1 aliphatic heterocycles. The molecule has 3 aliphatic rings. The van der Waals surface area contributed by atoms with Gasteiger partial charge in [0.15, 0.2) is 0 Å². The first kappa shape index (κ1) is 21.0. The zero-order valence-electron chi connectivity index (χ0n) is 18.3. The second-order valence-corrected chi connectivity index (χ2v) is 10.2. The van der Waals surface area contributed by atoms with Crippen molar-refractivity contribution >= 4 is 17.5 Å². The Morgan fingerprint density at radius 2 is 1.90 bits per heavy atom. The lowest BCUT2D eigenvalue weighted by Crippen LogP contribution is -2.39. The number of aromatic nitrogens is 1. The highest BCUT2D eigenvalue weighted by molar-refractivity contribution is 6.31. The van der Waals surface area contributed by atoms with E-state index in [0.29, 0.717) is 17.9 Å². The Morgan fingerprint density at radius 1 is 1.10 bits per heavy atom. The van der Waals surface area contributed by atoms with Crippen molar-refractivity contribution in [1.29, 1.82) is 0 Å². The Bertz CT molecular complexity index is 953. The van der Waals surface area contributed by atoms with Crippen LogP contribution >= 0.6 is 11.6 Å². The van der Waals surface area contributed by atoms with Gasteiger partial charge in [0.2, 0.25) is 0 Å². The summed E-state index contributed by atoms with van der Waals surface area (Å²) in [6.07, 6.45) is 7.13. The molecule has 164 valence electrons. The number of rotatable bonds is 5. The Hall–Kier alpha value is -1.91. The molecule has 1 saturated heterocycles. The quantitative estimate of drug-likeness (QED) is 0.686. The van der Waals surface area contributed by atoms with E-state index in [9.17, 15) is 4.79 Å². The van der Waals surface area contributed by atoms with Gasteiger partial charge in [0.25, 0.3) is 5.91 Å². The van der Waals surface area contributed by atoms with Gasteiger partial charge in [-0.2, -0.15) is 0 Å². The molecule has 1 N–H and O–H groups in total. The fourth-order valence-corrected chi connectivity index (χ4v) is 6.18. The molecular formula is C26H32ClN3O. The number of hydrogen-bond acceptors (Lipinski definition) is 3. The number of fused-ring (bicyclic) bond motifs is 2. The number of benzene rings is 1. The van der Waals surface area contributed by atoms with E-state index in [1.54, 1.807) is 0 Å². The van der Waals surface area contributed by atoms with Crippen molar-refractivity contribution in [2.45, 2.75) is 64.0 Å². The maximum atomic E-state index is 13.2. The maximum absolute atomic E-state index is 13.2. The van der Waals surface area contributed by atoms with Gasteiger partial charge in [0.1, 0.15) is 0 Å². The van der Waals surface area contributed by atoms with Gasteiger partial charge in [0, 0.05) is 29.2 Å². The largest absolute Gasteiger partial charge is 0.349 e. The minimum atomic E-state index is 0.0820. The van der Waals surface area contributed by atoms with E-state index in [1.165, 1.54) is 24.8 Å². The number of carbonyl (C=O) groups excluding carboxylic acids is 1. The summed E-state index contributed by atoms with van der Waals surface area (Å²) in [7, 11) is 0. The number of piperidine rings is 1. The second kappa shape index (κ2) is 8.91. The fourth-order valence-electron chi connectivity index (χ4n) is 5.98. The number of halogens is 1. The number of aryl methyl sites for hydroxylation is 1. The lowest BCUT2D eigenvalue weighted by atomic mass is 9.89. The number of hydrogen-bond donors (Lipinski definition) is 1. The molecule has 5 heteroatoms. The fraction of sp³-hybridized carbons (Fsp3) is 0.538. The molecule has 0 spiro atoms. The van der Waals surface area contributed by atoms with Gasteiger partial charge in [-0.1, -0.05) is 36.2 Å². The molecule has 3 fully saturated rings. The predicted octanol–water partition coefficient (Wildman–Crippen LogP) is 5.34. The number of nitrogens with zero attached hydrogens (tertiary/aromatic N) is 2. The molecule has 3 unspecified atom stereocenters. The van der Waals surface area contributed by atoms with Gasteiger partial charge in [-0.15, -0.1) is 0 Å². The number of pyridine rings is 1. The molecule has 1 aromatic carbocycles. The lowest BCUT2D eigenvalue weighted by Gasteiger charge is -2.33. The molecule has 0 radical (unpaired) electrons. The molecule has 2 aromatic rings. The van der Waals surface area contributed by atoms with Crippen LogP contribution < -0.4 is 5.32 Å². The number of carbonyl (C=O) groups is 1. The van der Waals surface area contributed by atoms with Crippen molar-refractivity contribution in [3.63, 3.8) is 0 Å². The van der Waals surface area contributed by atoms with Crippen molar-refractivity contribution in [2.75, 3.05) is 13.1 Å². The molecule has 4 nitrogen and oxygen atoms in total. The van der Waals surface area contributed by atoms with Crippen LogP contribution in [0, 0.1) is 18.8 Å². The van der Waals surface area contributed by atoms with Crippen molar-refractivity contribution in [2.24, 2.45) is 11.8 Å². The molecule has 2 aliphatic carbocycles. The molecule has 2 bridgehead atoms. The summed E-state index contributed by atoms with van der Waals surface area (Å²) >= 11 is 6.35.